The first-order valence-corrected chi connectivity index (χ1v) is 12.0. The lowest BCUT2D eigenvalue weighted by atomic mass is 10.1. The number of aromatic nitrogens is 2. The summed E-state index contributed by atoms with van der Waals surface area (Å²) in [6.07, 6.45) is 1.76. The zero-order chi connectivity index (χ0) is 23.8. The van der Waals surface area contributed by atoms with E-state index in [2.05, 4.69) is 38.1 Å². The van der Waals surface area contributed by atoms with E-state index in [9.17, 15) is 9.59 Å². The Bertz CT molecular complexity index is 1070. The first kappa shape index (κ1) is 24.6. The minimum absolute atomic E-state index is 0.0479. The minimum Gasteiger partial charge on any atom is -0.481 e. The third kappa shape index (κ3) is 7.49. The van der Waals surface area contributed by atoms with Crippen LogP contribution in [0.5, 0.6) is 0 Å². The largest absolute Gasteiger partial charge is 0.481 e. The van der Waals surface area contributed by atoms with Crippen LogP contribution in [0, 0.1) is 6.92 Å². The second kappa shape index (κ2) is 11.7. The van der Waals surface area contributed by atoms with Crippen LogP contribution in [0.15, 0.2) is 59.5 Å². The van der Waals surface area contributed by atoms with Gasteiger partial charge in [-0.3, -0.25) is 9.48 Å². The van der Waals surface area contributed by atoms with Crippen molar-refractivity contribution < 1.29 is 19.4 Å². The number of carbonyl (C=O) groups excluding carboxylic acids is 1. The van der Waals surface area contributed by atoms with Crippen LogP contribution in [0.4, 0.5) is 0 Å². The molecule has 0 aliphatic rings. The summed E-state index contributed by atoms with van der Waals surface area (Å²) in [4.78, 5) is 24.3. The molecular weight excluding hydrogens is 436 g/mol. The predicted molar refractivity (Wildman–Crippen MR) is 130 cm³/mol. The number of carboxylic acids is 1. The van der Waals surface area contributed by atoms with Gasteiger partial charge in [0.05, 0.1) is 23.4 Å². The van der Waals surface area contributed by atoms with Crippen molar-refractivity contribution in [3.8, 4) is 0 Å². The van der Waals surface area contributed by atoms with E-state index in [-0.39, 0.29) is 18.3 Å². The summed E-state index contributed by atoms with van der Waals surface area (Å²) in [6, 6.07) is 17.5. The zero-order valence-corrected chi connectivity index (χ0v) is 20.1. The summed E-state index contributed by atoms with van der Waals surface area (Å²) in [6.45, 7) is 6.95. The van der Waals surface area contributed by atoms with Crippen molar-refractivity contribution in [3.05, 3.63) is 82.7 Å². The number of hydrogen-bond acceptors (Lipinski definition) is 5. The molecule has 0 amide bonds. The van der Waals surface area contributed by atoms with Gasteiger partial charge in [0.1, 0.15) is 6.61 Å². The molecule has 3 aromatic rings. The van der Waals surface area contributed by atoms with Gasteiger partial charge in [-0.1, -0.05) is 43.7 Å². The van der Waals surface area contributed by atoms with Crippen LogP contribution in [-0.2, 0) is 29.1 Å². The van der Waals surface area contributed by atoms with E-state index < -0.39 is 11.9 Å². The number of rotatable bonds is 11. The molecule has 0 radical (unpaired) electrons. The molecule has 0 aliphatic carbocycles. The van der Waals surface area contributed by atoms with Crippen LogP contribution in [0.2, 0.25) is 0 Å². The molecule has 0 bridgehead atoms. The lowest BCUT2D eigenvalue weighted by Crippen LogP contribution is -2.10. The van der Waals surface area contributed by atoms with Crippen molar-refractivity contribution in [2.24, 2.45) is 0 Å². The maximum Gasteiger partial charge on any atom is 0.338 e. The third-order valence-electron chi connectivity index (χ3n) is 5.10. The van der Waals surface area contributed by atoms with Gasteiger partial charge in [-0.25, -0.2) is 4.79 Å². The number of aryl methyl sites for hydroxylation is 2. The van der Waals surface area contributed by atoms with Gasteiger partial charge in [0, 0.05) is 23.1 Å². The summed E-state index contributed by atoms with van der Waals surface area (Å²) in [5.74, 6) is -1.21. The molecule has 0 aliphatic heterocycles. The van der Waals surface area contributed by atoms with Crippen LogP contribution in [-0.4, -0.2) is 32.1 Å². The number of aliphatic carboxylic acids is 1. The normalized spacial score (nSPS) is 11.8. The third-order valence-corrected chi connectivity index (χ3v) is 6.21. The van der Waals surface area contributed by atoms with Gasteiger partial charge < -0.3 is 9.84 Å². The highest BCUT2D eigenvalue weighted by atomic mass is 32.2. The zero-order valence-electron chi connectivity index (χ0n) is 19.3. The van der Waals surface area contributed by atoms with E-state index in [1.807, 2.05) is 29.8 Å². The van der Waals surface area contributed by atoms with E-state index in [1.165, 1.54) is 22.9 Å². The van der Waals surface area contributed by atoms with Crippen LogP contribution in [0.3, 0.4) is 0 Å². The molecule has 1 N–H and O–H groups in total. The van der Waals surface area contributed by atoms with E-state index in [0.29, 0.717) is 5.56 Å². The molecule has 1 heterocycles. The van der Waals surface area contributed by atoms with Gasteiger partial charge in [0.15, 0.2) is 0 Å². The first-order valence-electron chi connectivity index (χ1n) is 11.1. The van der Waals surface area contributed by atoms with Gasteiger partial charge in [-0.05, 0) is 49.2 Å². The first-order chi connectivity index (χ1) is 15.8. The van der Waals surface area contributed by atoms with Crippen molar-refractivity contribution >= 4 is 23.7 Å². The number of nitrogens with zero attached hydrogens (tertiary/aromatic N) is 2. The van der Waals surface area contributed by atoms with E-state index in [0.717, 1.165) is 35.7 Å². The van der Waals surface area contributed by atoms with Gasteiger partial charge in [-0.2, -0.15) is 5.10 Å². The van der Waals surface area contributed by atoms with Crippen LogP contribution in [0.25, 0.3) is 0 Å². The Hall–Kier alpha value is -3.06. The van der Waals surface area contributed by atoms with Gasteiger partial charge >= 0.3 is 11.9 Å². The molecule has 6 nitrogen and oxygen atoms in total. The van der Waals surface area contributed by atoms with Crippen molar-refractivity contribution in [2.45, 2.75) is 63.3 Å². The molecule has 0 saturated carbocycles. The molecule has 7 heteroatoms. The summed E-state index contributed by atoms with van der Waals surface area (Å²) < 4.78 is 7.49. The molecular formula is C26H30N2O4S. The number of ether oxygens (including phenoxy) is 1. The quantitative estimate of drug-likeness (QED) is 0.297. The summed E-state index contributed by atoms with van der Waals surface area (Å²) in [5.41, 5.74) is 4.72. The van der Waals surface area contributed by atoms with Crippen LogP contribution < -0.4 is 0 Å². The fourth-order valence-electron chi connectivity index (χ4n) is 3.45. The lowest BCUT2D eigenvalue weighted by Gasteiger charge is -2.10. The minimum atomic E-state index is -0.820. The molecule has 0 spiro atoms. The smallest absolute Gasteiger partial charge is 0.338 e. The Morgan fingerprint density at radius 3 is 2.45 bits per heavy atom. The molecule has 174 valence electrons. The topological polar surface area (TPSA) is 81.4 Å². The molecule has 1 atom stereocenters. The summed E-state index contributed by atoms with van der Waals surface area (Å²) in [7, 11) is 0. The fourth-order valence-corrected chi connectivity index (χ4v) is 4.43. The highest BCUT2D eigenvalue weighted by molar-refractivity contribution is 8.00. The number of carbonyl (C=O) groups is 2. The van der Waals surface area contributed by atoms with E-state index in [4.69, 9.17) is 14.9 Å². The van der Waals surface area contributed by atoms with Gasteiger partial charge in [-0.15, -0.1) is 11.8 Å². The number of thioether (sulfide) groups is 1. The summed E-state index contributed by atoms with van der Waals surface area (Å²) >= 11 is 1.47. The second-order valence-electron chi connectivity index (χ2n) is 8.14. The lowest BCUT2D eigenvalue weighted by molar-refractivity contribution is -0.136. The maximum absolute atomic E-state index is 12.6. The number of benzene rings is 2. The average Bonchev–Trinajstić information content (AvgIpc) is 3.15. The van der Waals surface area contributed by atoms with Crippen molar-refractivity contribution in [1.82, 2.24) is 9.78 Å². The second-order valence-corrected chi connectivity index (χ2v) is 9.65. The van der Waals surface area contributed by atoms with Crippen LogP contribution >= 0.6 is 11.8 Å². The summed E-state index contributed by atoms with van der Waals surface area (Å²) in [5, 5.41) is 13.6. The Morgan fingerprint density at radius 1 is 1.12 bits per heavy atom. The van der Waals surface area contributed by atoms with Gasteiger partial charge in [0.2, 0.25) is 0 Å². The molecule has 33 heavy (non-hydrogen) atoms. The van der Waals surface area contributed by atoms with E-state index in [1.54, 1.807) is 12.1 Å². The van der Waals surface area contributed by atoms with Crippen molar-refractivity contribution in [3.63, 3.8) is 0 Å². The van der Waals surface area contributed by atoms with Crippen molar-refractivity contribution in [2.75, 3.05) is 0 Å². The Balaban J connectivity index is 1.61. The highest BCUT2D eigenvalue weighted by Gasteiger charge is 2.14. The van der Waals surface area contributed by atoms with Gasteiger partial charge in [0.25, 0.3) is 0 Å². The number of hydrogen-bond donors (Lipinski definition) is 1. The van der Waals surface area contributed by atoms with Crippen LogP contribution in [0.1, 0.15) is 59.6 Å². The predicted octanol–water partition coefficient (Wildman–Crippen LogP) is 5.50. The average molecular weight is 467 g/mol. The molecule has 2 aromatic carbocycles. The number of carboxylic acid groups (broad SMARTS) is 1. The monoisotopic (exact) mass is 466 g/mol. The Kier molecular flexibility index (Phi) is 8.72. The maximum atomic E-state index is 12.6. The number of esters is 1. The standard InChI is InChI=1S/C26H30N2O4S/c1-4-13-28-23(16-22(27-28)15-20-7-5-18(2)6-8-20)17-32-26(31)21-9-11-24(12-10-21)33-19(3)14-25(29)30/h5-12,16,19H,4,13-15,17H2,1-3H3,(H,29,30). The molecule has 1 aromatic heterocycles. The highest BCUT2D eigenvalue weighted by Crippen LogP contribution is 2.25. The molecule has 0 saturated heterocycles. The van der Waals surface area contributed by atoms with Crippen molar-refractivity contribution in [1.29, 1.82) is 0 Å². The Labute approximate surface area is 199 Å². The Morgan fingerprint density at radius 2 is 1.82 bits per heavy atom. The SMILES string of the molecule is CCCn1nc(Cc2ccc(C)cc2)cc1COC(=O)c1ccc(SC(C)CC(=O)O)cc1. The molecule has 0 fully saturated rings. The van der Waals surface area contributed by atoms with E-state index >= 15 is 0 Å². The molecule has 3 rings (SSSR count). The fraction of sp³-hybridized carbons (Fsp3) is 0.346. The molecule has 1 unspecified atom stereocenters.